The molecule has 0 amide bonds. The summed E-state index contributed by atoms with van der Waals surface area (Å²) in [7, 11) is 1.88. The number of rotatable bonds is 3. The molecule has 31 heavy (non-hydrogen) atoms. The zero-order valence-corrected chi connectivity index (χ0v) is 19.1. The molecular formula is C21H18ClFN6S2. The van der Waals surface area contributed by atoms with Crippen LogP contribution in [0.2, 0.25) is 5.02 Å². The van der Waals surface area contributed by atoms with E-state index in [-0.39, 0.29) is 11.9 Å². The first-order valence-electron chi connectivity index (χ1n) is 9.50. The molecule has 1 aliphatic heterocycles. The van der Waals surface area contributed by atoms with Gasteiger partial charge in [0.2, 0.25) is 5.96 Å². The average Bonchev–Trinajstić information content (AvgIpc) is 3.34. The van der Waals surface area contributed by atoms with E-state index in [2.05, 4.69) is 15.1 Å². The molecule has 4 heterocycles. The Morgan fingerprint density at radius 1 is 1.29 bits per heavy atom. The molecule has 0 saturated heterocycles. The number of halogens is 2. The highest BCUT2D eigenvalue weighted by Gasteiger charge is 2.26. The minimum absolute atomic E-state index is 0.144. The second-order valence-corrected chi connectivity index (χ2v) is 9.81. The van der Waals surface area contributed by atoms with Crippen molar-refractivity contribution in [3.05, 3.63) is 64.1 Å². The van der Waals surface area contributed by atoms with E-state index in [0.29, 0.717) is 27.9 Å². The van der Waals surface area contributed by atoms with E-state index in [1.807, 2.05) is 36.6 Å². The Kier molecular flexibility index (Phi) is 5.11. The predicted molar refractivity (Wildman–Crippen MR) is 126 cm³/mol. The molecule has 5 rings (SSSR count). The fraction of sp³-hybridized carbons (Fsp3) is 0.190. The van der Waals surface area contributed by atoms with Crippen molar-refractivity contribution in [3.8, 4) is 16.9 Å². The molecule has 3 aromatic heterocycles. The average molecular weight is 473 g/mol. The smallest absolute Gasteiger partial charge is 0.201 e. The third kappa shape index (κ3) is 3.56. The molecule has 4 aromatic rings. The number of nitrogens with two attached hydrogens (primary N) is 1. The Balaban J connectivity index is 1.60. The molecule has 1 aliphatic rings. The maximum absolute atomic E-state index is 15.2. The Bertz CT molecular complexity index is 1330. The monoisotopic (exact) mass is 472 g/mol. The summed E-state index contributed by atoms with van der Waals surface area (Å²) >= 11 is 9.81. The molecule has 6 nitrogen and oxygen atoms in total. The van der Waals surface area contributed by atoms with Crippen LogP contribution in [0.5, 0.6) is 0 Å². The standard InChI is InChI=1S/C21H18ClFN6S2/c1-11-8-26-29(9-11)12-3-4-13(15(23)7-12)18-19-14(5-6-25-18)17(22)20(31-19)16-10-30-28(2)21(24)27-16/h3-9,16H,10H2,1-2H3,(H2,24,27). The highest BCUT2D eigenvalue weighted by atomic mass is 35.5. The largest absolute Gasteiger partial charge is 0.369 e. The van der Waals surface area contributed by atoms with E-state index in [9.17, 15) is 0 Å². The summed E-state index contributed by atoms with van der Waals surface area (Å²) in [5.74, 6) is 0.830. The van der Waals surface area contributed by atoms with Crippen molar-refractivity contribution in [1.29, 1.82) is 0 Å². The number of nitrogens with zero attached hydrogens (tertiary/aromatic N) is 5. The van der Waals surface area contributed by atoms with Gasteiger partial charge in [-0.15, -0.1) is 11.3 Å². The van der Waals surface area contributed by atoms with Crippen LogP contribution in [0.4, 0.5) is 4.39 Å². The number of thiophene rings is 1. The molecule has 1 unspecified atom stereocenters. The van der Waals surface area contributed by atoms with Crippen LogP contribution in [0.3, 0.4) is 0 Å². The van der Waals surface area contributed by atoms with Gasteiger partial charge < -0.3 is 5.73 Å². The Labute approximate surface area is 191 Å². The summed E-state index contributed by atoms with van der Waals surface area (Å²) < 4.78 is 19.5. The summed E-state index contributed by atoms with van der Waals surface area (Å²) in [6.07, 6.45) is 5.25. The van der Waals surface area contributed by atoms with Crippen molar-refractivity contribution in [2.75, 3.05) is 12.8 Å². The first-order chi connectivity index (χ1) is 14.9. The lowest BCUT2D eigenvalue weighted by atomic mass is 10.1. The first kappa shape index (κ1) is 20.3. The third-order valence-electron chi connectivity index (χ3n) is 5.09. The number of aryl methyl sites for hydroxylation is 1. The van der Waals surface area contributed by atoms with Crippen molar-refractivity contribution >= 4 is 50.9 Å². The number of fused-ring (bicyclic) bond motifs is 1. The Morgan fingerprint density at radius 3 is 2.84 bits per heavy atom. The zero-order valence-electron chi connectivity index (χ0n) is 16.7. The number of pyridine rings is 1. The molecule has 0 spiro atoms. The van der Waals surface area contributed by atoms with Gasteiger partial charge in [0.1, 0.15) is 11.9 Å². The molecule has 0 radical (unpaired) electrons. The highest BCUT2D eigenvalue weighted by Crippen LogP contribution is 2.45. The molecule has 10 heteroatoms. The van der Waals surface area contributed by atoms with Gasteiger partial charge in [0.05, 0.1) is 32.2 Å². The summed E-state index contributed by atoms with van der Waals surface area (Å²) in [5, 5.41) is 5.72. The third-order valence-corrected chi connectivity index (χ3v) is 7.96. The molecule has 1 aromatic carbocycles. The van der Waals surface area contributed by atoms with E-state index in [4.69, 9.17) is 17.3 Å². The number of hydrogen-bond donors (Lipinski definition) is 1. The van der Waals surface area contributed by atoms with Crippen LogP contribution in [-0.2, 0) is 0 Å². The molecule has 0 saturated carbocycles. The number of benzene rings is 1. The fourth-order valence-corrected chi connectivity index (χ4v) is 6.05. The van der Waals surface area contributed by atoms with Crippen molar-refractivity contribution in [1.82, 2.24) is 19.1 Å². The van der Waals surface area contributed by atoms with Crippen LogP contribution in [0.15, 0.2) is 47.8 Å². The van der Waals surface area contributed by atoms with E-state index in [1.54, 1.807) is 35.1 Å². The SMILES string of the molecule is Cc1cnn(-c2ccc(-c3nccc4c(Cl)c(C5CSN(C)C(N)=N5)sc34)c(F)c2)c1. The summed E-state index contributed by atoms with van der Waals surface area (Å²) in [4.78, 5) is 9.98. The number of guanidine groups is 1. The van der Waals surface area contributed by atoms with Gasteiger partial charge in [-0.1, -0.05) is 11.6 Å². The molecule has 158 valence electrons. The van der Waals surface area contributed by atoms with Gasteiger partial charge in [0.15, 0.2) is 0 Å². The second-order valence-electron chi connectivity index (χ2n) is 7.24. The number of aliphatic imine (C=N–C) groups is 1. The Morgan fingerprint density at radius 2 is 2.13 bits per heavy atom. The minimum atomic E-state index is -0.367. The molecule has 0 bridgehead atoms. The van der Waals surface area contributed by atoms with E-state index < -0.39 is 0 Å². The van der Waals surface area contributed by atoms with Gasteiger partial charge in [0, 0.05) is 42.2 Å². The van der Waals surface area contributed by atoms with Gasteiger partial charge in [-0.25, -0.2) is 14.1 Å². The maximum Gasteiger partial charge on any atom is 0.201 e. The lowest BCUT2D eigenvalue weighted by molar-refractivity contribution is 0.628. The second kappa shape index (κ2) is 7.81. The van der Waals surface area contributed by atoms with E-state index in [1.165, 1.54) is 17.4 Å². The lowest BCUT2D eigenvalue weighted by Crippen LogP contribution is -2.33. The minimum Gasteiger partial charge on any atom is -0.369 e. The van der Waals surface area contributed by atoms with Crippen LogP contribution in [0.1, 0.15) is 16.5 Å². The number of hydrogen-bond acceptors (Lipinski definition) is 7. The maximum atomic E-state index is 15.2. The topological polar surface area (TPSA) is 72.3 Å². The van der Waals surface area contributed by atoms with Gasteiger partial charge in [0.25, 0.3) is 0 Å². The Hall–Kier alpha value is -2.62. The summed E-state index contributed by atoms with van der Waals surface area (Å²) in [6.45, 7) is 1.94. The van der Waals surface area contributed by atoms with E-state index >= 15 is 4.39 Å². The molecular weight excluding hydrogens is 455 g/mol. The van der Waals surface area contributed by atoms with Crippen LogP contribution >= 0.6 is 34.9 Å². The van der Waals surface area contributed by atoms with Crippen LogP contribution in [0.25, 0.3) is 27.0 Å². The van der Waals surface area contributed by atoms with Gasteiger partial charge in [-0.2, -0.15) is 5.10 Å². The van der Waals surface area contributed by atoms with Crippen molar-refractivity contribution in [2.24, 2.45) is 10.7 Å². The molecule has 1 atom stereocenters. The van der Waals surface area contributed by atoms with E-state index in [0.717, 1.165) is 26.3 Å². The van der Waals surface area contributed by atoms with Gasteiger partial charge >= 0.3 is 0 Å². The first-order valence-corrected chi connectivity index (χ1v) is 11.6. The van der Waals surface area contributed by atoms with Crippen molar-refractivity contribution in [3.63, 3.8) is 0 Å². The molecule has 0 fully saturated rings. The fourth-order valence-electron chi connectivity index (χ4n) is 3.47. The van der Waals surface area contributed by atoms with Gasteiger partial charge in [-0.05, 0) is 42.6 Å². The highest BCUT2D eigenvalue weighted by molar-refractivity contribution is 7.97. The quantitative estimate of drug-likeness (QED) is 0.415. The molecule has 2 N–H and O–H groups in total. The van der Waals surface area contributed by atoms with Crippen molar-refractivity contribution < 1.29 is 4.39 Å². The summed E-state index contributed by atoms with van der Waals surface area (Å²) in [5.41, 5.74) is 8.64. The summed E-state index contributed by atoms with van der Waals surface area (Å²) in [6, 6.07) is 6.75. The lowest BCUT2D eigenvalue weighted by Gasteiger charge is -2.25. The molecule has 0 aliphatic carbocycles. The van der Waals surface area contributed by atoms with Crippen molar-refractivity contribution in [2.45, 2.75) is 13.0 Å². The van der Waals surface area contributed by atoms with Gasteiger partial charge in [-0.3, -0.25) is 9.29 Å². The zero-order chi connectivity index (χ0) is 21.7. The predicted octanol–water partition coefficient (Wildman–Crippen LogP) is 5.20. The van der Waals surface area contributed by atoms with Crippen LogP contribution < -0.4 is 5.73 Å². The normalized spacial score (nSPS) is 16.7. The van der Waals surface area contributed by atoms with Crippen LogP contribution in [-0.4, -0.2) is 37.8 Å². The van der Waals surface area contributed by atoms with Crippen LogP contribution in [0, 0.1) is 12.7 Å². The number of aromatic nitrogens is 3.